The highest BCUT2D eigenvalue weighted by atomic mass is 15.0. The summed E-state index contributed by atoms with van der Waals surface area (Å²) in [6.07, 6.45) is 12.1. The fourth-order valence-electron chi connectivity index (χ4n) is 6.99. The van der Waals surface area contributed by atoms with Gasteiger partial charge in [-0.15, -0.1) is 0 Å². The van der Waals surface area contributed by atoms with Crippen molar-refractivity contribution in [3.8, 4) is 33.9 Å². The molecule has 2 aliphatic rings. The third kappa shape index (κ3) is 4.46. The van der Waals surface area contributed by atoms with Crippen LogP contribution in [0.2, 0.25) is 0 Å². The van der Waals surface area contributed by atoms with E-state index in [1.54, 1.807) is 0 Å². The molecule has 2 heterocycles. The van der Waals surface area contributed by atoms with Crippen LogP contribution in [0, 0.1) is 0 Å². The molecule has 0 radical (unpaired) electrons. The summed E-state index contributed by atoms with van der Waals surface area (Å²) in [7, 11) is 0. The normalized spacial score (nSPS) is 15.2. The number of aromatic nitrogens is 4. The minimum atomic E-state index is 0.201. The fraction of sp³-hybridized carbons (Fsp3) is 0.0732. The average Bonchev–Trinajstić information content (AvgIpc) is 3.50. The Labute approximate surface area is 261 Å². The van der Waals surface area contributed by atoms with Gasteiger partial charge in [0.05, 0.1) is 0 Å². The van der Waals surface area contributed by atoms with E-state index in [0.717, 1.165) is 35.4 Å². The summed E-state index contributed by atoms with van der Waals surface area (Å²) < 4.78 is 0. The second-order valence-corrected chi connectivity index (χ2v) is 11.9. The Bertz CT molecular complexity index is 2330. The smallest absolute Gasteiger partial charge is 0.164 e. The molecule has 0 saturated heterocycles. The van der Waals surface area contributed by atoms with Gasteiger partial charge in [0.25, 0.3) is 0 Å². The van der Waals surface area contributed by atoms with Crippen LogP contribution >= 0.6 is 0 Å². The Hall–Kier alpha value is -5.74. The third-order valence-corrected chi connectivity index (χ3v) is 9.21. The molecule has 0 spiro atoms. The molecule has 4 nitrogen and oxygen atoms in total. The van der Waals surface area contributed by atoms with E-state index in [1.807, 2.05) is 30.6 Å². The SMILES string of the molecule is C1=CC(c2cccc3ccncc23)CC(c2nc(-c3ccccc3)nc(-c3ccc4c(c3)Cc3c-4ccc4ccccc34)n2)=C1. The number of allylic oxidation sites excluding steroid dienone is 4. The Kier molecular flexibility index (Phi) is 5.98. The zero-order chi connectivity index (χ0) is 29.7. The van der Waals surface area contributed by atoms with Crippen LogP contribution in [-0.4, -0.2) is 19.9 Å². The van der Waals surface area contributed by atoms with E-state index in [2.05, 4.69) is 114 Å². The number of benzene rings is 5. The molecular weight excluding hydrogens is 548 g/mol. The molecule has 0 N–H and O–H groups in total. The summed E-state index contributed by atoms with van der Waals surface area (Å²) in [5.74, 6) is 2.31. The topological polar surface area (TPSA) is 51.6 Å². The lowest BCUT2D eigenvalue weighted by Gasteiger charge is -2.20. The van der Waals surface area contributed by atoms with Gasteiger partial charge in [0.2, 0.25) is 0 Å². The lowest BCUT2D eigenvalue weighted by Crippen LogP contribution is -2.07. The molecule has 0 saturated carbocycles. The highest BCUT2D eigenvalue weighted by molar-refractivity contribution is 5.95. The Morgan fingerprint density at radius 2 is 1.38 bits per heavy atom. The molecule has 0 amide bonds. The molecular formula is C41H28N4. The minimum Gasteiger partial charge on any atom is -0.264 e. The first kappa shape index (κ1) is 25.7. The molecule has 1 atom stereocenters. The zero-order valence-corrected chi connectivity index (χ0v) is 24.6. The van der Waals surface area contributed by atoms with E-state index in [4.69, 9.17) is 15.0 Å². The molecule has 2 aromatic heterocycles. The van der Waals surface area contributed by atoms with Gasteiger partial charge in [0.1, 0.15) is 0 Å². The van der Waals surface area contributed by atoms with Crippen LogP contribution in [0.25, 0.3) is 61.0 Å². The first-order valence-corrected chi connectivity index (χ1v) is 15.4. The second-order valence-electron chi connectivity index (χ2n) is 11.9. The Morgan fingerprint density at radius 3 is 2.31 bits per heavy atom. The van der Waals surface area contributed by atoms with Crippen LogP contribution in [0.3, 0.4) is 0 Å². The molecule has 2 aliphatic carbocycles. The van der Waals surface area contributed by atoms with Crippen molar-refractivity contribution in [3.63, 3.8) is 0 Å². The van der Waals surface area contributed by atoms with Crippen molar-refractivity contribution in [1.82, 2.24) is 19.9 Å². The predicted octanol–water partition coefficient (Wildman–Crippen LogP) is 9.61. The van der Waals surface area contributed by atoms with Crippen molar-refractivity contribution in [3.05, 3.63) is 162 Å². The van der Waals surface area contributed by atoms with Gasteiger partial charge in [-0.05, 0) is 74.5 Å². The second kappa shape index (κ2) is 10.5. The van der Waals surface area contributed by atoms with Gasteiger partial charge in [0.15, 0.2) is 17.5 Å². The van der Waals surface area contributed by atoms with Gasteiger partial charge in [0, 0.05) is 34.8 Å². The molecule has 0 aliphatic heterocycles. The molecule has 7 aromatic rings. The first-order valence-electron chi connectivity index (χ1n) is 15.4. The van der Waals surface area contributed by atoms with Crippen molar-refractivity contribution in [2.24, 2.45) is 0 Å². The number of fused-ring (bicyclic) bond motifs is 6. The highest BCUT2D eigenvalue weighted by Gasteiger charge is 2.23. The minimum absolute atomic E-state index is 0.201. The van der Waals surface area contributed by atoms with Crippen LogP contribution in [0.1, 0.15) is 34.9 Å². The van der Waals surface area contributed by atoms with E-state index >= 15 is 0 Å². The zero-order valence-electron chi connectivity index (χ0n) is 24.6. The van der Waals surface area contributed by atoms with E-state index in [-0.39, 0.29) is 5.92 Å². The molecule has 0 fully saturated rings. The molecule has 9 rings (SSSR count). The van der Waals surface area contributed by atoms with Crippen LogP contribution < -0.4 is 0 Å². The summed E-state index contributed by atoms with van der Waals surface area (Å²) in [5.41, 5.74) is 9.69. The molecule has 45 heavy (non-hydrogen) atoms. The van der Waals surface area contributed by atoms with Crippen LogP contribution in [0.5, 0.6) is 0 Å². The van der Waals surface area contributed by atoms with E-state index in [0.29, 0.717) is 11.6 Å². The van der Waals surface area contributed by atoms with E-state index in [1.165, 1.54) is 49.4 Å². The molecule has 0 bridgehead atoms. The van der Waals surface area contributed by atoms with E-state index in [9.17, 15) is 0 Å². The van der Waals surface area contributed by atoms with Crippen LogP contribution in [0.4, 0.5) is 0 Å². The summed E-state index contributed by atoms with van der Waals surface area (Å²) in [6.45, 7) is 0. The van der Waals surface area contributed by atoms with Gasteiger partial charge < -0.3 is 0 Å². The largest absolute Gasteiger partial charge is 0.264 e. The number of hydrogen-bond donors (Lipinski definition) is 0. The maximum atomic E-state index is 5.13. The van der Waals surface area contributed by atoms with E-state index < -0.39 is 0 Å². The van der Waals surface area contributed by atoms with Gasteiger partial charge in [-0.25, -0.2) is 15.0 Å². The van der Waals surface area contributed by atoms with Gasteiger partial charge >= 0.3 is 0 Å². The molecule has 1 unspecified atom stereocenters. The summed E-state index contributed by atoms with van der Waals surface area (Å²) in [4.78, 5) is 19.6. The van der Waals surface area contributed by atoms with Crippen molar-refractivity contribution < 1.29 is 0 Å². The summed E-state index contributed by atoms with van der Waals surface area (Å²) >= 11 is 0. The van der Waals surface area contributed by atoms with Gasteiger partial charge in [-0.3, -0.25) is 4.98 Å². The quantitative estimate of drug-likeness (QED) is 0.209. The summed E-state index contributed by atoms with van der Waals surface area (Å²) in [5, 5.41) is 5.00. The van der Waals surface area contributed by atoms with Gasteiger partial charge in [-0.1, -0.05) is 115 Å². The maximum Gasteiger partial charge on any atom is 0.164 e. The average molecular weight is 577 g/mol. The van der Waals surface area contributed by atoms with Crippen LogP contribution in [0.15, 0.2) is 140 Å². The molecule has 4 heteroatoms. The van der Waals surface area contributed by atoms with Crippen LogP contribution in [-0.2, 0) is 6.42 Å². The standard InChI is InChI=1S/C41H28N4/c1-2-9-28(10-3-1)39-43-40(30-13-6-12-29(22-30)34-15-7-11-27-20-21-42-25-38(27)34)45-41(44-39)31-17-18-35-32(23-31)24-37-33-14-5-4-8-26(33)16-19-36(35)37/h1-21,23,25,29H,22,24H2. The number of rotatable bonds is 4. The third-order valence-electron chi connectivity index (χ3n) is 9.21. The predicted molar refractivity (Wildman–Crippen MR) is 183 cm³/mol. The van der Waals surface area contributed by atoms with Crippen molar-refractivity contribution in [2.75, 3.05) is 0 Å². The molecule has 212 valence electrons. The van der Waals surface area contributed by atoms with Crippen molar-refractivity contribution in [1.29, 1.82) is 0 Å². The number of nitrogens with zero attached hydrogens (tertiary/aromatic N) is 4. The number of pyridine rings is 1. The summed E-state index contributed by atoms with van der Waals surface area (Å²) in [6, 6.07) is 38.6. The Morgan fingerprint density at radius 1 is 0.600 bits per heavy atom. The van der Waals surface area contributed by atoms with Gasteiger partial charge in [-0.2, -0.15) is 0 Å². The fourth-order valence-corrected chi connectivity index (χ4v) is 6.99. The Balaban J connectivity index is 1.12. The number of hydrogen-bond acceptors (Lipinski definition) is 4. The lowest BCUT2D eigenvalue weighted by molar-refractivity contribution is 0.860. The highest BCUT2D eigenvalue weighted by Crippen LogP contribution is 2.42. The van der Waals surface area contributed by atoms with Crippen molar-refractivity contribution in [2.45, 2.75) is 18.8 Å². The monoisotopic (exact) mass is 576 g/mol. The first-order chi connectivity index (χ1) is 22.3. The molecule has 5 aromatic carbocycles. The lowest BCUT2D eigenvalue weighted by atomic mass is 9.86. The van der Waals surface area contributed by atoms with Crippen molar-refractivity contribution >= 4 is 27.1 Å². The maximum absolute atomic E-state index is 5.13.